The molecule has 0 fully saturated rings. The molecule has 0 radical (unpaired) electrons. The Morgan fingerprint density at radius 1 is 1.32 bits per heavy atom. The first kappa shape index (κ1) is 20.1. The molecule has 0 amide bonds. The minimum atomic E-state index is -1.71. The van der Waals surface area contributed by atoms with E-state index in [9.17, 15) is 24.6 Å². The maximum atomic E-state index is 12.8. The van der Waals surface area contributed by atoms with Gasteiger partial charge in [0.05, 0.1) is 5.57 Å². The molecular formula is C21H24O7. The van der Waals surface area contributed by atoms with E-state index in [4.69, 9.17) is 9.15 Å². The van der Waals surface area contributed by atoms with E-state index in [0.29, 0.717) is 12.7 Å². The number of furan rings is 1. The Hall–Kier alpha value is -2.67. The third-order valence-corrected chi connectivity index (χ3v) is 5.60. The Kier molecular flexibility index (Phi) is 5.06. The molecule has 0 aromatic carbocycles. The lowest BCUT2D eigenvalue weighted by Crippen LogP contribution is -2.56. The molecule has 0 saturated carbocycles. The van der Waals surface area contributed by atoms with Crippen molar-refractivity contribution in [2.75, 3.05) is 0 Å². The fourth-order valence-electron chi connectivity index (χ4n) is 4.07. The van der Waals surface area contributed by atoms with Gasteiger partial charge >= 0.3 is 5.97 Å². The van der Waals surface area contributed by atoms with Crippen LogP contribution in [0.25, 0.3) is 5.57 Å². The summed E-state index contributed by atoms with van der Waals surface area (Å²) < 4.78 is 10.9. The van der Waals surface area contributed by atoms with E-state index < -0.39 is 28.9 Å². The molecule has 3 rings (SSSR count). The summed E-state index contributed by atoms with van der Waals surface area (Å²) in [5, 5.41) is 21.4. The summed E-state index contributed by atoms with van der Waals surface area (Å²) in [4.78, 5) is 37.0. The lowest BCUT2D eigenvalue weighted by molar-refractivity contribution is -0.161. The maximum absolute atomic E-state index is 12.8. The zero-order valence-electron chi connectivity index (χ0n) is 16.2. The Morgan fingerprint density at radius 3 is 2.64 bits per heavy atom. The van der Waals surface area contributed by atoms with Crippen LogP contribution in [0.15, 0.2) is 22.1 Å². The largest absolute Gasteiger partial charge is 0.480 e. The van der Waals surface area contributed by atoms with E-state index in [1.54, 1.807) is 13.0 Å². The summed E-state index contributed by atoms with van der Waals surface area (Å²) in [5.74, 6) is -1.81. The third kappa shape index (κ3) is 2.73. The van der Waals surface area contributed by atoms with Gasteiger partial charge in [-0.2, -0.15) is 0 Å². The fourth-order valence-corrected chi connectivity index (χ4v) is 4.07. The number of fused-ring (bicyclic) bond motifs is 3. The predicted octanol–water partition coefficient (Wildman–Crippen LogP) is 2.88. The second-order valence-electron chi connectivity index (χ2n) is 7.40. The number of aromatic hydroxyl groups is 1. The lowest BCUT2D eigenvalue weighted by atomic mass is 9.68. The number of esters is 1. The first-order valence-corrected chi connectivity index (χ1v) is 9.41. The number of rotatable bonds is 7. The molecule has 1 aliphatic carbocycles. The van der Waals surface area contributed by atoms with Crippen LogP contribution in [0, 0.1) is 0 Å². The van der Waals surface area contributed by atoms with Crippen LogP contribution >= 0.6 is 0 Å². The van der Waals surface area contributed by atoms with Crippen LogP contribution in [0.5, 0.6) is 5.95 Å². The molecule has 150 valence electrons. The molecule has 0 unspecified atom stereocenters. The highest BCUT2D eigenvalue weighted by molar-refractivity contribution is 6.26. The number of carbonyl (C=O) groups is 3. The van der Waals surface area contributed by atoms with Crippen LogP contribution in [0.1, 0.15) is 68.1 Å². The molecule has 1 aliphatic heterocycles. The molecule has 7 nitrogen and oxygen atoms in total. The van der Waals surface area contributed by atoms with Gasteiger partial charge in [-0.05, 0) is 20.3 Å². The Labute approximate surface area is 162 Å². The molecule has 28 heavy (non-hydrogen) atoms. The summed E-state index contributed by atoms with van der Waals surface area (Å²) in [7, 11) is 0. The summed E-state index contributed by atoms with van der Waals surface area (Å²) in [6.45, 7) is 5.21. The average Bonchev–Trinajstić information content (AvgIpc) is 3.08. The van der Waals surface area contributed by atoms with Crippen LogP contribution in [0.4, 0.5) is 0 Å². The highest BCUT2D eigenvalue weighted by Crippen LogP contribution is 2.55. The molecule has 7 heteroatoms. The van der Waals surface area contributed by atoms with Crippen molar-refractivity contribution in [3.05, 3.63) is 34.6 Å². The van der Waals surface area contributed by atoms with Crippen LogP contribution in [-0.4, -0.2) is 39.5 Å². The standard InChI is InChI=1S/C21H24O7/c1-4-6-7-8-14(23)15-16-17-12(13(11-22)18(24)27-17)10-21(26,9-5-2)20(16,3)28-19(15)25/h5,9,11,24,26H,4,6-8,10H2,1-3H3/b9-5+/t20-,21-/m1/s1. The first-order chi connectivity index (χ1) is 13.2. The van der Waals surface area contributed by atoms with Crippen LogP contribution in [0.2, 0.25) is 0 Å². The number of aliphatic hydroxyl groups is 1. The molecule has 2 heterocycles. The number of ketones is 1. The van der Waals surface area contributed by atoms with E-state index in [-0.39, 0.29) is 40.9 Å². The SMILES string of the molecule is C/C=C/[C@@]1(O)Cc2c(oc(O)c2C=O)C2=C(C(=O)CCCCC)C(=O)O[C@]21C. The van der Waals surface area contributed by atoms with Gasteiger partial charge in [0.25, 0.3) is 5.95 Å². The quantitative estimate of drug-likeness (QED) is 0.243. The smallest absolute Gasteiger partial charge is 0.343 e. The van der Waals surface area contributed by atoms with E-state index in [2.05, 4.69) is 0 Å². The normalized spacial score (nSPS) is 26.4. The van der Waals surface area contributed by atoms with Gasteiger partial charge in [0.15, 0.2) is 17.7 Å². The van der Waals surface area contributed by atoms with Crippen molar-refractivity contribution < 1.29 is 33.8 Å². The topological polar surface area (TPSA) is 114 Å². The minimum absolute atomic E-state index is 0.0426. The van der Waals surface area contributed by atoms with Crippen molar-refractivity contribution in [3.63, 3.8) is 0 Å². The van der Waals surface area contributed by atoms with Crippen molar-refractivity contribution in [2.45, 2.75) is 64.1 Å². The highest BCUT2D eigenvalue weighted by atomic mass is 16.6. The van der Waals surface area contributed by atoms with Crippen LogP contribution < -0.4 is 0 Å². The lowest BCUT2D eigenvalue weighted by Gasteiger charge is -2.43. The number of hydrogen-bond donors (Lipinski definition) is 2. The number of hydrogen-bond acceptors (Lipinski definition) is 7. The molecule has 1 aromatic heterocycles. The van der Waals surface area contributed by atoms with Gasteiger partial charge in [0.2, 0.25) is 0 Å². The zero-order valence-corrected chi connectivity index (χ0v) is 16.2. The second-order valence-corrected chi connectivity index (χ2v) is 7.40. The van der Waals surface area contributed by atoms with E-state index in [1.165, 1.54) is 13.0 Å². The van der Waals surface area contributed by atoms with E-state index >= 15 is 0 Å². The third-order valence-electron chi connectivity index (χ3n) is 5.60. The summed E-state index contributed by atoms with van der Waals surface area (Å²) in [6, 6.07) is 0. The Bertz CT molecular complexity index is 904. The van der Waals surface area contributed by atoms with Crippen LogP contribution in [-0.2, 0) is 20.7 Å². The number of unbranched alkanes of at least 4 members (excludes halogenated alkanes) is 2. The van der Waals surface area contributed by atoms with Gasteiger partial charge < -0.3 is 19.4 Å². The van der Waals surface area contributed by atoms with Gasteiger partial charge in [-0.3, -0.25) is 9.59 Å². The summed E-state index contributed by atoms with van der Waals surface area (Å²) in [6.07, 6.45) is 5.91. The second kappa shape index (κ2) is 7.05. The number of carbonyl (C=O) groups excluding carboxylic acids is 3. The zero-order chi connectivity index (χ0) is 20.7. The molecular weight excluding hydrogens is 364 g/mol. The molecule has 1 aromatic rings. The fraction of sp³-hybridized carbons (Fsp3) is 0.476. The molecule has 0 spiro atoms. The predicted molar refractivity (Wildman–Crippen MR) is 99.8 cm³/mol. The van der Waals surface area contributed by atoms with Gasteiger partial charge in [-0.25, -0.2) is 4.79 Å². The minimum Gasteiger partial charge on any atom is -0.480 e. The van der Waals surface area contributed by atoms with Crippen molar-refractivity contribution in [1.82, 2.24) is 0 Å². The van der Waals surface area contributed by atoms with Gasteiger partial charge in [-0.1, -0.05) is 31.9 Å². The van der Waals surface area contributed by atoms with Crippen molar-refractivity contribution in [2.24, 2.45) is 0 Å². The van der Waals surface area contributed by atoms with E-state index in [1.807, 2.05) is 6.92 Å². The summed E-state index contributed by atoms with van der Waals surface area (Å²) >= 11 is 0. The monoisotopic (exact) mass is 388 g/mol. The number of Topliss-reactive ketones (excluding diaryl/α,β-unsaturated/α-hetero) is 1. The first-order valence-electron chi connectivity index (χ1n) is 9.41. The molecule has 0 bridgehead atoms. The Morgan fingerprint density at radius 2 is 2.04 bits per heavy atom. The van der Waals surface area contributed by atoms with Gasteiger partial charge in [-0.15, -0.1) is 0 Å². The van der Waals surface area contributed by atoms with Crippen LogP contribution in [0.3, 0.4) is 0 Å². The van der Waals surface area contributed by atoms with Crippen molar-refractivity contribution in [1.29, 1.82) is 0 Å². The van der Waals surface area contributed by atoms with Gasteiger partial charge in [0, 0.05) is 18.4 Å². The maximum Gasteiger partial charge on any atom is 0.343 e. The summed E-state index contributed by atoms with van der Waals surface area (Å²) in [5.41, 5.74) is -3.25. The molecule has 0 saturated heterocycles. The number of ether oxygens (including phenoxy) is 1. The van der Waals surface area contributed by atoms with Gasteiger partial charge in [0.1, 0.15) is 22.5 Å². The highest BCUT2D eigenvalue weighted by Gasteiger charge is 2.62. The molecule has 2 N–H and O–H groups in total. The Balaban J connectivity index is 2.26. The van der Waals surface area contributed by atoms with Crippen molar-refractivity contribution >= 4 is 23.6 Å². The number of aldehydes is 1. The molecule has 2 atom stereocenters. The van der Waals surface area contributed by atoms with Crippen molar-refractivity contribution in [3.8, 4) is 5.95 Å². The number of allylic oxidation sites excluding steroid dienone is 1. The van der Waals surface area contributed by atoms with E-state index in [0.717, 1.165) is 12.8 Å². The molecule has 2 aliphatic rings. The average molecular weight is 388 g/mol.